The number of nitrogens with two attached hydrogens (primary N) is 1. The van der Waals surface area contributed by atoms with Gasteiger partial charge in [0.05, 0.1) is 12.8 Å². The molecule has 8 heteroatoms. The second-order valence-electron chi connectivity index (χ2n) is 5.97. The summed E-state index contributed by atoms with van der Waals surface area (Å²) in [5.41, 5.74) is 8.28. The fraction of sp³-hybridized carbons (Fsp3) is 0.158. The van der Waals surface area contributed by atoms with Crippen LogP contribution >= 0.6 is 0 Å². The standard InChI is InChI=1S/C19H18F2N4O2/c1-11-3-4-12(7-13(11)10-23-19(26)27-2)17-5-6-25(24-17)18-15(20)8-14(22)9-16(18)21/h3-9H,10,22H2,1-2H3,(H,23,26). The van der Waals surface area contributed by atoms with E-state index < -0.39 is 17.7 Å². The van der Waals surface area contributed by atoms with E-state index in [1.54, 1.807) is 6.07 Å². The molecule has 1 aromatic heterocycles. The number of hydrogen-bond acceptors (Lipinski definition) is 4. The van der Waals surface area contributed by atoms with Crippen LogP contribution in [0.2, 0.25) is 0 Å². The zero-order chi connectivity index (χ0) is 19.6. The SMILES string of the molecule is COC(=O)NCc1cc(-c2ccn(-c3c(F)cc(N)cc3F)n2)ccc1C. The molecule has 0 fully saturated rings. The molecule has 3 rings (SSSR count). The van der Waals surface area contributed by atoms with Crippen molar-refractivity contribution < 1.29 is 18.3 Å². The van der Waals surface area contributed by atoms with Crippen molar-refractivity contribution in [3.8, 4) is 16.9 Å². The first-order valence-corrected chi connectivity index (χ1v) is 8.11. The van der Waals surface area contributed by atoms with Gasteiger partial charge in [-0.15, -0.1) is 0 Å². The predicted molar refractivity (Wildman–Crippen MR) is 97.3 cm³/mol. The second-order valence-corrected chi connectivity index (χ2v) is 5.97. The van der Waals surface area contributed by atoms with Gasteiger partial charge < -0.3 is 15.8 Å². The molecule has 0 saturated heterocycles. The fourth-order valence-corrected chi connectivity index (χ4v) is 2.67. The summed E-state index contributed by atoms with van der Waals surface area (Å²) in [6.45, 7) is 2.20. The van der Waals surface area contributed by atoms with Gasteiger partial charge in [-0.25, -0.2) is 18.3 Å². The van der Waals surface area contributed by atoms with Crippen molar-refractivity contribution in [2.45, 2.75) is 13.5 Å². The molecule has 0 aliphatic rings. The van der Waals surface area contributed by atoms with Gasteiger partial charge in [-0.2, -0.15) is 5.10 Å². The molecule has 0 aliphatic carbocycles. The Bertz CT molecular complexity index is 978. The van der Waals surface area contributed by atoms with Gasteiger partial charge >= 0.3 is 6.09 Å². The first kappa shape index (κ1) is 18.4. The highest BCUT2D eigenvalue weighted by Crippen LogP contribution is 2.25. The predicted octanol–water partition coefficient (Wildman–Crippen LogP) is 3.56. The van der Waals surface area contributed by atoms with Gasteiger partial charge in [-0.1, -0.05) is 12.1 Å². The molecule has 0 spiro atoms. The Morgan fingerprint density at radius 3 is 2.59 bits per heavy atom. The highest BCUT2D eigenvalue weighted by Gasteiger charge is 2.15. The molecule has 0 saturated carbocycles. The number of halogens is 2. The average Bonchev–Trinajstić information content (AvgIpc) is 3.09. The van der Waals surface area contributed by atoms with Gasteiger partial charge in [0.1, 0.15) is 5.69 Å². The molecular formula is C19H18F2N4O2. The number of rotatable bonds is 4. The molecule has 140 valence electrons. The zero-order valence-electron chi connectivity index (χ0n) is 14.8. The van der Waals surface area contributed by atoms with Gasteiger partial charge in [0.25, 0.3) is 0 Å². The fourth-order valence-electron chi connectivity index (χ4n) is 2.67. The highest BCUT2D eigenvalue weighted by molar-refractivity contribution is 5.67. The number of carbonyl (C=O) groups is 1. The van der Waals surface area contributed by atoms with Crippen molar-refractivity contribution in [2.24, 2.45) is 0 Å². The van der Waals surface area contributed by atoms with Gasteiger partial charge in [0.2, 0.25) is 0 Å². The lowest BCUT2D eigenvalue weighted by Crippen LogP contribution is -2.22. The Labute approximate surface area is 154 Å². The van der Waals surface area contributed by atoms with Crippen LogP contribution < -0.4 is 11.1 Å². The number of amides is 1. The van der Waals surface area contributed by atoms with E-state index in [4.69, 9.17) is 5.73 Å². The number of carbonyl (C=O) groups excluding carboxylic acids is 1. The third-order valence-electron chi connectivity index (χ3n) is 4.11. The van der Waals surface area contributed by atoms with Crippen LogP contribution in [0.15, 0.2) is 42.6 Å². The molecule has 0 unspecified atom stereocenters. The number of benzene rings is 2. The number of alkyl carbamates (subject to hydrolysis) is 1. The number of hydrogen-bond donors (Lipinski definition) is 2. The summed E-state index contributed by atoms with van der Waals surface area (Å²) >= 11 is 0. The summed E-state index contributed by atoms with van der Waals surface area (Å²) in [4.78, 5) is 11.3. The Hall–Kier alpha value is -3.42. The minimum atomic E-state index is -0.797. The van der Waals surface area contributed by atoms with E-state index in [1.165, 1.54) is 13.3 Å². The third kappa shape index (κ3) is 3.89. The molecule has 27 heavy (non-hydrogen) atoms. The number of nitrogens with one attached hydrogen (secondary N) is 1. The highest BCUT2D eigenvalue weighted by atomic mass is 19.1. The second kappa shape index (κ2) is 7.45. The van der Waals surface area contributed by atoms with Crippen LogP contribution in [0.3, 0.4) is 0 Å². The minimum Gasteiger partial charge on any atom is -0.453 e. The smallest absolute Gasteiger partial charge is 0.407 e. The van der Waals surface area contributed by atoms with Crippen LogP contribution in [-0.2, 0) is 11.3 Å². The first-order valence-electron chi connectivity index (χ1n) is 8.11. The third-order valence-corrected chi connectivity index (χ3v) is 4.11. The van der Waals surface area contributed by atoms with Crippen LogP contribution in [-0.4, -0.2) is 23.0 Å². The molecule has 0 atom stereocenters. The maximum absolute atomic E-state index is 14.1. The van der Waals surface area contributed by atoms with E-state index in [-0.39, 0.29) is 17.9 Å². The number of methoxy groups -OCH3 is 1. The lowest BCUT2D eigenvalue weighted by molar-refractivity contribution is 0.170. The van der Waals surface area contributed by atoms with Crippen molar-refractivity contribution in [1.29, 1.82) is 0 Å². The Kier molecular flexibility index (Phi) is 5.07. The summed E-state index contributed by atoms with van der Waals surface area (Å²) in [6.07, 6.45) is 0.942. The molecule has 1 amide bonds. The largest absolute Gasteiger partial charge is 0.453 e. The van der Waals surface area contributed by atoms with Crippen LogP contribution in [0.1, 0.15) is 11.1 Å². The minimum absolute atomic E-state index is 0.00223. The summed E-state index contributed by atoms with van der Waals surface area (Å²) in [5, 5.41) is 6.89. The first-order chi connectivity index (χ1) is 12.9. The summed E-state index contributed by atoms with van der Waals surface area (Å²) < 4.78 is 33.9. The van der Waals surface area contributed by atoms with Gasteiger partial charge in [-0.05, 0) is 42.3 Å². The molecule has 2 aromatic carbocycles. The number of ether oxygens (including phenoxy) is 1. The van der Waals surface area contributed by atoms with Crippen LogP contribution in [0.25, 0.3) is 16.9 Å². The van der Waals surface area contributed by atoms with Gasteiger partial charge in [-0.3, -0.25) is 0 Å². The summed E-state index contributed by atoms with van der Waals surface area (Å²) in [6, 6.07) is 9.32. The van der Waals surface area contributed by atoms with Crippen LogP contribution in [0, 0.1) is 18.6 Å². The van der Waals surface area contributed by atoms with E-state index in [1.807, 2.05) is 25.1 Å². The molecule has 0 aliphatic heterocycles. The molecule has 3 aromatic rings. The van der Waals surface area contributed by atoms with E-state index in [0.717, 1.165) is 33.5 Å². The average molecular weight is 372 g/mol. The van der Waals surface area contributed by atoms with Gasteiger partial charge in [0.15, 0.2) is 11.6 Å². The maximum Gasteiger partial charge on any atom is 0.407 e. The van der Waals surface area contributed by atoms with Crippen molar-refractivity contribution in [2.75, 3.05) is 12.8 Å². The number of aromatic nitrogens is 2. The van der Waals surface area contributed by atoms with Gasteiger partial charge in [0, 0.05) is 24.0 Å². The monoisotopic (exact) mass is 372 g/mol. The lowest BCUT2D eigenvalue weighted by Gasteiger charge is -2.09. The number of nitrogens with zero attached hydrogens (tertiary/aromatic N) is 2. The molecule has 1 heterocycles. The molecular weight excluding hydrogens is 354 g/mol. The Morgan fingerprint density at radius 2 is 1.93 bits per heavy atom. The number of anilines is 1. The van der Waals surface area contributed by atoms with Crippen molar-refractivity contribution >= 4 is 11.8 Å². The zero-order valence-corrected chi connectivity index (χ0v) is 14.8. The van der Waals surface area contributed by atoms with E-state index in [2.05, 4.69) is 15.2 Å². The summed E-state index contributed by atoms with van der Waals surface area (Å²) in [5.74, 6) is -1.59. The van der Waals surface area contributed by atoms with E-state index >= 15 is 0 Å². The number of aryl methyl sites for hydroxylation is 1. The Morgan fingerprint density at radius 1 is 1.22 bits per heavy atom. The molecule has 6 nitrogen and oxygen atoms in total. The quantitative estimate of drug-likeness (QED) is 0.686. The van der Waals surface area contributed by atoms with Crippen molar-refractivity contribution in [1.82, 2.24) is 15.1 Å². The normalized spacial score (nSPS) is 10.7. The lowest BCUT2D eigenvalue weighted by atomic mass is 10.0. The molecule has 3 N–H and O–H groups in total. The Balaban J connectivity index is 1.92. The van der Waals surface area contributed by atoms with Crippen molar-refractivity contribution in [3.63, 3.8) is 0 Å². The van der Waals surface area contributed by atoms with E-state index in [9.17, 15) is 13.6 Å². The van der Waals surface area contributed by atoms with Crippen molar-refractivity contribution in [3.05, 3.63) is 65.4 Å². The van der Waals surface area contributed by atoms with E-state index in [0.29, 0.717) is 5.69 Å². The summed E-state index contributed by atoms with van der Waals surface area (Å²) in [7, 11) is 1.29. The van der Waals surface area contributed by atoms with Crippen LogP contribution in [0.5, 0.6) is 0 Å². The van der Waals surface area contributed by atoms with Crippen LogP contribution in [0.4, 0.5) is 19.3 Å². The molecule has 0 bridgehead atoms. The maximum atomic E-state index is 14.1. The number of nitrogen functional groups attached to an aromatic ring is 1. The topological polar surface area (TPSA) is 82.2 Å². The molecule has 0 radical (unpaired) electrons.